The number of hydrogen-bond donors (Lipinski definition) is 3. The number of primary amides is 1. The maximum Gasteiger partial charge on any atom is 0.314 e. The lowest BCUT2D eigenvalue weighted by molar-refractivity contribution is -0.128. The first-order valence-electron chi connectivity index (χ1n) is 13.7. The smallest absolute Gasteiger partial charge is 0.314 e. The quantitative estimate of drug-likeness (QED) is 0.406. The van der Waals surface area contributed by atoms with Gasteiger partial charge in [0.1, 0.15) is 11.3 Å². The number of piperazine rings is 1. The standard InChI is InChI=1S/C29H35ClFN7O3/c1-29(41)15-17-6-4-5-7-18(17)20(16-29)23-21(30)14-19-25(24(23)31)34-28(33-9-8-22(39)36(2)3)35-26(19)37-10-12-38(13-11-37)27(32)40/h4-7,14,20,41H,8-13,15-16H2,1-3H3,(H2,32,40)(H,33,34,35)/t20-,29?/m0/s1. The van der Waals surface area contributed by atoms with E-state index < -0.39 is 23.4 Å². The molecule has 5 rings (SSSR count). The fraction of sp³-hybridized carbons (Fsp3) is 0.448. The van der Waals surface area contributed by atoms with E-state index >= 15 is 4.39 Å². The number of carbonyl (C=O) groups excluding carboxylic acids is 2. The number of fused-ring (bicyclic) bond motifs is 2. The molecule has 0 radical (unpaired) electrons. The number of hydrogen-bond acceptors (Lipinski definition) is 7. The molecule has 41 heavy (non-hydrogen) atoms. The van der Waals surface area contributed by atoms with Gasteiger partial charge in [0.15, 0.2) is 5.82 Å². The number of urea groups is 1. The molecule has 2 aliphatic rings. The van der Waals surface area contributed by atoms with Crippen LogP contribution in [-0.4, -0.2) is 89.2 Å². The Labute approximate surface area is 243 Å². The van der Waals surface area contributed by atoms with Gasteiger partial charge in [-0.15, -0.1) is 0 Å². The molecule has 1 saturated heterocycles. The van der Waals surface area contributed by atoms with E-state index in [9.17, 15) is 14.7 Å². The van der Waals surface area contributed by atoms with Crippen molar-refractivity contribution >= 4 is 46.2 Å². The van der Waals surface area contributed by atoms with Gasteiger partial charge in [0, 0.05) is 81.6 Å². The van der Waals surface area contributed by atoms with Crippen molar-refractivity contribution in [3.05, 3.63) is 57.9 Å². The summed E-state index contributed by atoms with van der Waals surface area (Å²) < 4.78 is 16.7. The molecular weight excluding hydrogens is 549 g/mol. The molecule has 4 N–H and O–H groups in total. The number of benzene rings is 2. The Bertz CT molecular complexity index is 1490. The maximum atomic E-state index is 16.7. The zero-order valence-corrected chi connectivity index (χ0v) is 24.2. The highest BCUT2D eigenvalue weighted by Crippen LogP contribution is 2.46. The van der Waals surface area contributed by atoms with E-state index in [0.717, 1.165) is 11.1 Å². The van der Waals surface area contributed by atoms with Gasteiger partial charge in [0.25, 0.3) is 0 Å². The van der Waals surface area contributed by atoms with Gasteiger partial charge in [-0.3, -0.25) is 4.79 Å². The average molecular weight is 584 g/mol. The van der Waals surface area contributed by atoms with Gasteiger partial charge in [0.05, 0.1) is 5.60 Å². The van der Waals surface area contributed by atoms with Gasteiger partial charge in [-0.2, -0.15) is 4.98 Å². The first-order chi connectivity index (χ1) is 19.4. The minimum atomic E-state index is -1.04. The van der Waals surface area contributed by atoms with Crippen molar-refractivity contribution in [3.8, 4) is 0 Å². The van der Waals surface area contributed by atoms with Crippen LogP contribution in [0.15, 0.2) is 30.3 Å². The van der Waals surface area contributed by atoms with Crippen molar-refractivity contribution in [2.24, 2.45) is 5.73 Å². The Morgan fingerprint density at radius 1 is 1.22 bits per heavy atom. The fourth-order valence-corrected chi connectivity index (χ4v) is 6.13. The third-order valence-corrected chi connectivity index (χ3v) is 8.22. The van der Waals surface area contributed by atoms with E-state index in [-0.39, 0.29) is 40.9 Å². The Hall–Kier alpha value is -3.70. The molecule has 0 spiro atoms. The molecule has 2 atom stereocenters. The molecule has 218 valence electrons. The van der Waals surface area contributed by atoms with E-state index in [1.165, 1.54) is 4.90 Å². The van der Waals surface area contributed by atoms with Gasteiger partial charge in [-0.05, 0) is 30.5 Å². The second-order valence-corrected chi connectivity index (χ2v) is 11.7. The lowest BCUT2D eigenvalue weighted by Gasteiger charge is -2.37. The van der Waals surface area contributed by atoms with Crippen molar-refractivity contribution in [2.45, 2.75) is 37.7 Å². The summed E-state index contributed by atoms with van der Waals surface area (Å²) >= 11 is 6.84. The second-order valence-electron chi connectivity index (χ2n) is 11.3. The summed E-state index contributed by atoms with van der Waals surface area (Å²) in [6.07, 6.45) is 0.982. The minimum Gasteiger partial charge on any atom is -0.390 e. The fourth-order valence-electron chi connectivity index (χ4n) is 5.80. The topological polar surface area (TPSA) is 128 Å². The summed E-state index contributed by atoms with van der Waals surface area (Å²) in [5, 5.41) is 14.8. The molecule has 1 aliphatic carbocycles. The summed E-state index contributed by atoms with van der Waals surface area (Å²) in [7, 11) is 3.36. The molecule has 1 aromatic heterocycles. The highest BCUT2D eigenvalue weighted by Gasteiger charge is 2.37. The summed E-state index contributed by atoms with van der Waals surface area (Å²) in [6, 6.07) is 8.91. The first-order valence-corrected chi connectivity index (χ1v) is 14.1. The van der Waals surface area contributed by atoms with Crippen molar-refractivity contribution in [1.29, 1.82) is 0 Å². The Kier molecular flexibility index (Phi) is 7.93. The van der Waals surface area contributed by atoms with Gasteiger partial charge in [0.2, 0.25) is 11.9 Å². The molecule has 0 bridgehead atoms. The number of nitrogens with one attached hydrogen (secondary N) is 1. The third-order valence-electron chi connectivity index (χ3n) is 7.90. The SMILES string of the molecule is CN(C)C(=O)CCNc1nc(N2CCN(C(N)=O)CC2)c2cc(Cl)c([C@H]3CC(C)(O)Cc4ccccc43)c(F)c2n1. The molecule has 3 amide bonds. The number of rotatable bonds is 6. The van der Waals surface area contributed by atoms with Gasteiger partial charge >= 0.3 is 6.03 Å². The van der Waals surface area contributed by atoms with E-state index in [2.05, 4.69) is 10.3 Å². The lowest BCUT2D eigenvalue weighted by atomic mass is 9.72. The number of aliphatic hydroxyl groups is 1. The van der Waals surface area contributed by atoms with Crippen LogP contribution in [0.25, 0.3) is 10.9 Å². The predicted molar refractivity (Wildman–Crippen MR) is 157 cm³/mol. The monoisotopic (exact) mass is 583 g/mol. The number of carbonyl (C=O) groups is 2. The molecular formula is C29H35ClFN7O3. The van der Waals surface area contributed by atoms with Gasteiger partial charge in [-0.25, -0.2) is 14.2 Å². The van der Waals surface area contributed by atoms with Gasteiger partial charge in [-0.1, -0.05) is 35.9 Å². The van der Waals surface area contributed by atoms with Crippen LogP contribution in [0.1, 0.15) is 42.4 Å². The van der Waals surface area contributed by atoms with Crippen LogP contribution in [0.2, 0.25) is 5.02 Å². The van der Waals surface area contributed by atoms with Crippen molar-refractivity contribution < 1.29 is 19.1 Å². The highest BCUT2D eigenvalue weighted by molar-refractivity contribution is 6.32. The van der Waals surface area contributed by atoms with Crippen molar-refractivity contribution in [2.75, 3.05) is 57.0 Å². The molecule has 10 nitrogen and oxygen atoms in total. The van der Waals surface area contributed by atoms with Crippen LogP contribution in [0, 0.1) is 5.82 Å². The Balaban J connectivity index is 1.60. The zero-order valence-electron chi connectivity index (χ0n) is 23.5. The van der Waals surface area contributed by atoms with Crippen LogP contribution in [-0.2, 0) is 11.2 Å². The summed E-state index contributed by atoms with van der Waals surface area (Å²) in [5.74, 6) is -0.455. The van der Waals surface area contributed by atoms with Gasteiger partial charge < -0.3 is 30.9 Å². The molecule has 1 aliphatic heterocycles. The van der Waals surface area contributed by atoms with Crippen LogP contribution in [0.4, 0.5) is 21.0 Å². The molecule has 2 heterocycles. The van der Waals surface area contributed by atoms with E-state index in [4.69, 9.17) is 22.3 Å². The predicted octanol–water partition coefficient (Wildman–Crippen LogP) is 3.34. The number of nitrogens with two attached hydrogens (primary N) is 1. The number of aromatic nitrogens is 2. The zero-order chi connectivity index (χ0) is 29.5. The number of halogens is 2. The number of amides is 3. The molecule has 1 fully saturated rings. The Morgan fingerprint density at radius 2 is 1.93 bits per heavy atom. The van der Waals surface area contributed by atoms with E-state index in [1.807, 2.05) is 29.2 Å². The molecule has 1 unspecified atom stereocenters. The lowest BCUT2D eigenvalue weighted by Crippen LogP contribution is -2.50. The maximum absolute atomic E-state index is 16.7. The van der Waals surface area contributed by atoms with Crippen LogP contribution in [0.5, 0.6) is 0 Å². The number of anilines is 2. The summed E-state index contributed by atoms with van der Waals surface area (Å²) in [6.45, 7) is 3.68. The summed E-state index contributed by atoms with van der Waals surface area (Å²) in [5.41, 5.74) is 6.68. The van der Waals surface area contributed by atoms with Crippen LogP contribution < -0.4 is 16.0 Å². The van der Waals surface area contributed by atoms with Crippen molar-refractivity contribution in [1.82, 2.24) is 19.8 Å². The molecule has 3 aromatic rings. The third kappa shape index (κ3) is 5.87. The minimum absolute atomic E-state index is 0.0654. The van der Waals surface area contributed by atoms with E-state index in [0.29, 0.717) is 50.2 Å². The van der Waals surface area contributed by atoms with Crippen LogP contribution >= 0.6 is 11.6 Å². The highest BCUT2D eigenvalue weighted by atomic mass is 35.5. The first kappa shape index (κ1) is 28.8. The summed E-state index contributed by atoms with van der Waals surface area (Å²) in [4.78, 5) is 38.0. The van der Waals surface area contributed by atoms with E-state index in [1.54, 1.807) is 32.0 Å². The molecule has 2 aromatic carbocycles. The number of nitrogens with zero attached hydrogens (tertiary/aromatic N) is 5. The largest absolute Gasteiger partial charge is 0.390 e. The normalized spacial score (nSPS) is 20.6. The van der Waals surface area contributed by atoms with Crippen LogP contribution in [0.3, 0.4) is 0 Å². The molecule has 0 saturated carbocycles. The second kappa shape index (κ2) is 11.3. The average Bonchev–Trinajstić information content (AvgIpc) is 2.92. The van der Waals surface area contributed by atoms with Crippen molar-refractivity contribution in [3.63, 3.8) is 0 Å². The Morgan fingerprint density at radius 3 is 2.61 bits per heavy atom. The molecule has 12 heteroatoms.